The summed E-state index contributed by atoms with van der Waals surface area (Å²) in [7, 11) is 4.88. The first kappa shape index (κ1) is 17.4. The van der Waals surface area contributed by atoms with Gasteiger partial charge >= 0.3 is 0 Å². The van der Waals surface area contributed by atoms with Gasteiger partial charge in [-0.25, -0.2) is 0 Å². The molecule has 2 aromatic carbocycles. The van der Waals surface area contributed by atoms with Crippen molar-refractivity contribution in [2.75, 3.05) is 21.3 Å². The Kier molecular flexibility index (Phi) is 6.13. The first-order valence-electron chi connectivity index (χ1n) is 7.37. The van der Waals surface area contributed by atoms with E-state index in [1.807, 2.05) is 36.4 Å². The molecule has 0 heterocycles. The molecular weight excluding hydrogens is 314 g/mol. The van der Waals surface area contributed by atoms with E-state index in [-0.39, 0.29) is 6.04 Å². The molecule has 1 atom stereocenters. The second kappa shape index (κ2) is 8.09. The normalized spacial score (nSPS) is 11.9. The van der Waals surface area contributed by atoms with Crippen LogP contribution >= 0.6 is 11.6 Å². The van der Waals surface area contributed by atoms with Crippen LogP contribution in [0.15, 0.2) is 36.4 Å². The summed E-state index contributed by atoms with van der Waals surface area (Å²) in [5.74, 6) is 2.14. The molecular formula is C18H22ClNO3. The number of hydrogen-bond acceptors (Lipinski definition) is 4. The fraction of sp³-hybridized carbons (Fsp3) is 0.333. The van der Waals surface area contributed by atoms with Crippen LogP contribution in [0.4, 0.5) is 0 Å². The average Bonchev–Trinajstić information content (AvgIpc) is 2.59. The summed E-state index contributed by atoms with van der Waals surface area (Å²) < 4.78 is 16.2. The lowest BCUT2D eigenvalue weighted by atomic mass is 10.1. The molecule has 0 saturated carbocycles. The highest BCUT2D eigenvalue weighted by molar-refractivity contribution is 6.31. The molecule has 2 rings (SSSR count). The molecule has 23 heavy (non-hydrogen) atoms. The van der Waals surface area contributed by atoms with Gasteiger partial charge in [-0.05, 0) is 18.6 Å². The topological polar surface area (TPSA) is 39.7 Å². The quantitative estimate of drug-likeness (QED) is 0.822. The Bertz CT molecular complexity index is 635. The molecule has 0 fully saturated rings. The van der Waals surface area contributed by atoms with Crippen molar-refractivity contribution in [2.24, 2.45) is 0 Å². The van der Waals surface area contributed by atoms with E-state index in [2.05, 4.69) is 12.2 Å². The highest BCUT2D eigenvalue weighted by Crippen LogP contribution is 2.34. The Labute approximate surface area is 142 Å². The van der Waals surface area contributed by atoms with Gasteiger partial charge in [-0.2, -0.15) is 0 Å². The minimum atomic E-state index is 0.0974. The highest BCUT2D eigenvalue weighted by Gasteiger charge is 2.15. The molecule has 2 aromatic rings. The first-order valence-corrected chi connectivity index (χ1v) is 7.75. The van der Waals surface area contributed by atoms with Gasteiger partial charge in [0.25, 0.3) is 0 Å². The zero-order valence-electron chi connectivity index (χ0n) is 13.9. The van der Waals surface area contributed by atoms with E-state index in [1.54, 1.807) is 21.3 Å². The van der Waals surface area contributed by atoms with Crippen LogP contribution in [0.25, 0.3) is 0 Å². The van der Waals surface area contributed by atoms with Crippen molar-refractivity contribution in [3.05, 3.63) is 52.5 Å². The maximum Gasteiger partial charge on any atom is 0.130 e. The summed E-state index contributed by atoms with van der Waals surface area (Å²) in [5.41, 5.74) is 2.00. The van der Waals surface area contributed by atoms with Crippen LogP contribution in [0.2, 0.25) is 5.02 Å². The average molecular weight is 336 g/mol. The van der Waals surface area contributed by atoms with E-state index < -0.39 is 0 Å². The van der Waals surface area contributed by atoms with Crippen LogP contribution in [0.5, 0.6) is 17.2 Å². The minimum absolute atomic E-state index is 0.0974. The molecule has 0 aliphatic rings. The number of rotatable bonds is 7. The standard InChI is InChI=1S/C18H22ClNO3/c1-12(14-7-5-6-8-16(14)19)20-11-15-17(22-3)9-13(21-2)10-18(15)23-4/h5-10,12,20H,11H2,1-4H3/t12-/m1/s1. The van der Waals surface area contributed by atoms with Crippen LogP contribution in [-0.2, 0) is 6.54 Å². The van der Waals surface area contributed by atoms with E-state index in [1.165, 1.54) is 0 Å². The smallest absolute Gasteiger partial charge is 0.130 e. The van der Waals surface area contributed by atoms with Crippen molar-refractivity contribution in [3.63, 3.8) is 0 Å². The molecule has 0 aliphatic heterocycles. The van der Waals surface area contributed by atoms with Gasteiger partial charge < -0.3 is 19.5 Å². The van der Waals surface area contributed by atoms with Crippen molar-refractivity contribution < 1.29 is 14.2 Å². The first-order chi connectivity index (χ1) is 11.1. The predicted molar refractivity (Wildman–Crippen MR) is 92.8 cm³/mol. The van der Waals surface area contributed by atoms with Crippen LogP contribution < -0.4 is 19.5 Å². The van der Waals surface area contributed by atoms with Gasteiger partial charge in [0, 0.05) is 29.7 Å². The van der Waals surface area contributed by atoms with Gasteiger partial charge in [-0.1, -0.05) is 29.8 Å². The Morgan fingerprint density at radius 1 is 1.00 bits per heavy atom. The van der Waals surface area contributed by atoms with Crippen molar-refractivity contribution in [1.29, 1.82) is 0 Å². The molecule has 0 saturated heterocycles. The highest BCUT2D eigenvalue weighted by atomic mass is 35.5. The van der Waals surface area contributed by atoms with Crippen LogP contribution in [0.3, 0.4) is 0 Å². The second-order valence-electron chi connectivity index (χ2n) is 5.13. The van der Waals surface area contributed by atoms with E-state index in [0.717, 1.165) is 27.6 Å². The van der Waals surface area contributed by atoms with Crippen molar-refractivity contribution >= 4 is 11.6 Å². The number of methoxy groups -OCH3 is 3. The molecule has 0 aromatic heterocycles. The molecule has 124 valence electrons. The van der Waals surface area contributed by atoms with Crippen LogP contribution in [-0.4, -0.2) is 21.3 Å². The maximum atomic E-state index is 6.25. The van der Waals surface area contributed by atoms with Gasteiger partial charge in [0.15, 0.2) is 0 Å². The van der Waals surface area contributed by atoms with Gasteiger partial charge in [-0.3, -0.25) is 0 Å². The molecule has 4 nitrogen and oxygen atoms in total. The Hall–Kier alpha value is -1.91. The predicted octanol–water partition coefficient (Wildman–Crippen LogP) is 4.22. The van der Waals surface area contributed by atoms with E-state index in [0.29, 0.717) is 12.3 Å². The third kappa shape index (κ3) is 4.09. The Balaban J connectivity index is 2.21. The van der Waals surface area contributed by atoms with Gasteiger partial charge in [-0.15, -0.1) is 0 Å². The Morgan fingerprint density at radius 2 is 1.61 bits per heavy atom. The van der Waals surface area contributed by atoms with Gasteiger partial charge in [0.05, 0.1) is 26.9 Å². The summed E-state index contributed by atoms with van der Waals surface area (Å²) in [6.07, 6.45) is 0. The summed E-state index contributed by atoms with van der Waals surface area (Å²) in [6.45, 7) is 2.66. The van der Waals surface area contributed by atoms with Crippen molar-refractivity contribution in [2.45, 2.75) is 19.5 Å². The lowest BCUT2D eigenvalue weighted by Crippen LogP contribution is -2.19. The fourth-order valence-electron chi connectivity index (χ4n) is 2.44. The van der Waals surface area contributed by atoms with Gasteiger partial charge in [0.2, 0.25) is 0 Å². The number of nitrogens with one attached hydrogen (secondary N) is 1. The molecule has 1 N–H and O–H groups in total. The van der Waals surface area contributed by atoms with E-state index in [4.69, 9.17) is 25.8 Å². The largest absolute Gasteiger partial charge is 0.496 e. The summed E-state index contributed by atoms with van der Waals surface area (Å²) >= 11 is 6.25. The number of ether oxygens (including phenoxy) is 3. The molecule has 0 unspecified atom stereocenters. The SMILES string of the molecule is COc1cc(OC)c(CN[C@H](C)c2ccccc2Cl)c(OC)c1. The van der Waals surface area contributed by atoms with Crippen molar-refractivity contribution in [1.82, 2.24) is 5.32 Å². The molecule has 0 radical (unpaired) electrons. The fourth-order valence-corrected chi connectivity index (χ4v) is 2.74. The number of benzene rings is 2. The lowest BCUT2D eigenvalue weighted by Gasteiger charge is -2.19. The van der Waals surface area contributed by atoms with Crippen molar-refractivity contribution in [3.8, 4) is 17.2 Å². The molecule has 0 bridgehead atoms. The summed E-state index contributed by atoms with van der Waals surface area (Å²) in [5, 5.41) is 4.21. The van der Waals surface area contributed by atoms with E-state index >= 15 is 0 Å². The van der Waals surface area contributed by atoms with Gasteiger partial charge in [0.1, 0.15) is 17.2 Å². The van der Waals surface area contributed by atoms with Crippen LogP contribution in [0.1, 0.15) is 24.1 Å². The minimum Gasteiger partial charge on any atom is -0.496 e. The Morgan fingerprint density at radius 3 is 2.13 bits per heavy atom. The monoisotopic (exact) mass is 335 g/mol. The second-order valence-corrected chi connectivity index (χ2v) is 5.54. The lowest BCUT2D eigenvalue weighted by molar-refractivity contribution is 0.365. The molecule has 0 aliphatic carbocycles. The third-order valence-corrected chi connectivity index (χ3v) is 4.12. The maximum absolute atomic E-state index is 6.25. The zero-order valence-corrected chi connectivity index (χ0v) is 14.6. The van der Waals surface area contributed by atoms with E-state index in [9.17, 15) is 0 Å². The van der Waals surface area contributed by atoms with Crippen LogP contribution in [0, 0.1) is 0 Å². The third-order valence-electron chi connectivity index (χ3n) is 3.77. The molecule has 5 heteroatoms. The molecule has 0 amide bonds. The summed E-state index contributed by atoms with van der Waals surface area (Å²) in [6, 6.07) is 11.6. The zero-order chi connectivity index (χ0) is 16.8. The molecule has 0 spiro atoms. The number of hydrogen-bond donors (Lipinski definition) is 1. The number of halogens is 1. The summed E-state index contributed by atoms with van der Waals surface area (Å²) in [4.78, 5) is 0.